The highest BCUT2D eigenvalue weighted by molar-refractivity contribution is 14.1. The number of hydrogen-bond donors (Lipinski definition) is 4. The molecule has 1 fully saturated rings. The second-order valence-electron chi connectivity index (χ2n) is 12.6. The molecule has 46 heavy (non-hydrogen) atoms. The molecular weight excluding hydrogens is 693 g/mol. The van der Waals surface area contributed by atoms with Gasteiger partial charge < -0.3 is 20.8 Å². The first-order chi connectivity index (χ1) is 22.3. The lowest BCUT2D eigenvalue weighted by atomic mass is 9.91. The number of pyridine rings is 1. The Morgan fingerprint density at radius 2 is 1.80 bits per heavy atom. The van der Waals surface area contributed by atoms with E-state index in [0.717, 1.165) is 41.6 Å². The number of rotatable bonds is 14. The molecule has 1 aliphatic carbocycles. The van der Waals surface area contributed by atoms with Crippen molar-refractivity contribution in [3.63, 3.8) is 0 Å². The van der Waals surface area contributed by atoms with Crippen LogP contribution in [0.25, 0.3) is 0 Å². The van der Waals surface area contributed by atoms with Crippen molar-refractivity contribution in [2.24, 2.45) is 5.92 Å². The third kappa shape index (κ3) is 9.34. The molecule has 0 saturated carbocycles. The summed E-state index contributed by atoms with van der Waals surface area (Å²) in [4.78, 5) is 36.0. The number of β-amino-alcohol motifs (C(OH)–C–C–N with tert-alkyl or cyclic N) is 1. The molecule has 0 spiro atoms. The first-order valence-electron chi connectivity index (χ1n) is 16.4. The van der Waals surface area contributed by atoms with Crippen LogP contribution in [-0.4, -0.2) is 85.3 Å². The van der Waals surface area contributed by atoms with Crippen LogP contribution >= 0.6 is 22.6 Å². The van der Waals surface area contributed by atoms with E-state index in [4.69, 9.17) is 0 Å². The smallest absolute Gasteiger partial charge is 0.239 e. The molecule has 3 aromatic rings. The zero-order valence-electron chi connectivity index (χ0n) is 26.5. The first kappa shape index (κ1) is 34.4. The van der Waals surface area contributed by atoms with Crippen LogP contribution in [0.2, 0.25) is 0 Å². The molecule has 2 amide bonds. The summed E-state index contributed by atoms with van der Waals surface area (Å²) in [6, 6.07) is 20.7. The summed E-state index contributed by atoms with van der Waals surface area (Å²) in [5, 5.41) is 28.6. The fourth-order valence-electron chi connectivity index (χ4n) is 6.69. The second-order valence-corrected chi connectivity index (χ2v) is 14.1. The Kier molecular flexibility index (Phi) is 12.6. The Morgan fingerprint density at radius 3 is 2.57 bits per heavy atom. The predicted molar refractivity (Wildman–Crippen MR) is 187 cm³/mol. The minimum atomic E-state index is -0.827. The van der Waals surface area contributed by atoms with Crippen LogP contribution in [0.1, 0.15) is 54.5 Å². The second kappa shape index (κ2) is 16.8. The van der Waals surface area contributed by atoms with E-state index >= 15 is 0 Å². The Morgan fingerprint density at radius 1 is 1.04 bits per heavy atom. The number of aliphatic hydroxyl groups excluding tert-OH is 2. The Bertz CT molecular complexity index is 1410. The molecule has 2 unspecified atom stereocenters. The van der Waals surface area contributed by atoms with Gasteiger partial charge in [0, 0.05) is 57.5 Å². The van der Waals surface area contributed by atoms with Gasteiger partial charge in [0.15, 0.2) is 0 Å². The quantitative estimate of drug-likeness (QED) is 0.113. The number of amides is 2. The van der Waals surface area contributed by atoms with Crippen molar-refractivity contribution >= 4 is 34.4 Å². The van der Waals surface area contributed by atoms with Crippen molar-refractivity contribution < 1.29 is 19.8 Å². The zero-order valence-corrected chi connectivity index (χ0v) is 28.6. The van der Waals surface area contributed by atoms with Gasteiger partial charge in [0.05, 0.1) is 22.3 Å². The van der Waals surface area contributed by atoms with Crippen molar-refractivity contribution in [1.82, 2.24) is 25.4 Å². The van der Waals surface area contributed by atoms with E-state index in [1.807, 2.05) is 72.9 Å². The molecule has 6 atom stereocenters. The molecule has 9 nitrogen and oxygen atoms in total. The number of halogens is 1. The predicted octanol–water partition coefficient (Wildman–Crippen LogP) is 3.63. The van der Waals surface area contributed by atoms with Crippen LogP contribution in [0.5, 0.6) is 0 Å². The summed E-state index contributed by atoms with van der Waals surface area (Å²) in [5.41, 5.74) is 4.08. The summed E-state index contributed by atoms with van der Waals surface area (Å²) >= 11 is 2.28. The summed E-state index contributed by atoms with van der Waals surface area (Å²) in [6.07, 6.45) is 5.15. The number of nitrogens with zero attached hydrogens (tertiary/aromatic N) is 3. The number of aromatic nitrogens is 1. The van der Waals surface area contributed by atoms with Gasteiger partial charge in [-0.25, -0.2) is 0 Å². The number of carbonyl (C=O) groups excluding carboxylic acids is 2. The molecule has 1 saturated heterocycles. The van der Waals surface area contributed by atoms with E-state index in [-0.39, 0.29) is 28.8 Å². The van der Waals surface area contributed by atoms with Crippen molar-refractivity contribution in [2.75, 3.05) is 26.2 Å². The lowest BCUT2D eigenvalue weighted by Gasteiger charge is -2.41. The minimum Gasteiger partial charge on any atom is -0.392 e. The first-order valence-corrected chi connectivity index (χ1v) is 17.6. The summed E-state index contributed by atoms with van der Waals surface area (Å²) in [6.45, 7) is 5.00. The number of hydrogen-bond acceptors (Lipinski definition) is 7. The van der Waals surface area contributed by atoms with Crippen LogP contribution in [-0.2, 0) is 29.0 Å². The van der Waals surface area contributed by atoms with Crippen LogP contribution in [0.15, 0.2) is 79.1 Å². The number of aliphatic hydroxyl groups is 2. The van der Waals surface area contributed by atoms with Crippen molar-refractivity contribution in [3.05, 3.63) is 101 Å². The zero-order chi connectivity index (χ0) is 32.5. The Hall–Kier alpha value is -2.90. The van der Waals surface area contributed by atoms with Crippen LogP contribution in [0.3, 0.4) is 0 Å². The van der Waals surface area contributed by atoms with E-state index in [1.54, 1.807) is 6.20 Å². The fraction of sp³-hybridized carbons (Fsp3) is 0.472. The maximum Gasteiger partial charge on any atom is 0.239 e. The minimum absolute atomic E-state index is 0.0330. The molecule has 0 radical (unpaired) electrons. The summed E-state index contributed by atoms with van der Waals surface area (Å²) in [7, 11) is 0. The maximum atomic E-state index is 13.8. The average Bonchev–Trinajstić information content (AvgIpc) is 3.36. The maximum absolute atomic E-state index is 13.8. The van der Waals surface area contributed by atoms with Gasteiger partial charge in [0.25, 0.3) is 0 Å². The fourth-order valence-corrected chi connectivity index (χ4v) is 7.62. The van der Waals surface area contributed by atoms with Gasteiger partial charge in [-0.05, 0) is 47.6 Å². The van der Waals surface area contributed by atoms with Crippen molar-refractivity contribution in [2.45, 2.75) is 73.9 Å². The number of carbonyl (C=O) groups is 2. The SMILES string of the molecule is CCCC(I)NC(=O)[C@@H]1CN(Cc2cccnc2)CCN1C[C@@H](O)CC(Cc1ccccc1)C(=O)N[C@H]1c2ccccc2C[C@H]1O. The highest BCUT2D eigenvalue weighted by Gasteiger charge is 2.37. The third-order valence-electron chi connectivity index (χ3n) is 9.05. The topological polar surface area (TPSA) is 118 Å². The summed E-state index contributed by atoms with van der Waals surface area (Å²) < 4.78 is 0.0330. The highest BCUT2D eigenvalue weighted by Crippen LogP contribution is 2.32. The number of nitrogens with one attached hydrogen (secondary N) is 2. The van der Waals surface area contributed by atoms with Gasteiger partial charge in [-0.1, -0.05) is 96.6 Å². The lowest BCUT2D eigenvalue weighted by molar-refractivity contribution is -0.131. The molecule has 2 aliphatic rings. The molecule has 1 aliphatic heterocycles. The van der Waals surface area contributed by atoms with Gasteiger partial charge in [-0.3, -0.25) is 24.4 Å². The third-order valence-corrected chi connectivity index (χ3v) is 9.98. The molecule has 10 heteroatoms. The Labute approximate surface area is 285 Å². The molecular formula is C36H46IN5O4. The molecule has 0 bridgehead atoms. The average molecular weight is 740 g/mol. The van der Waals surface area contributed by atoms with E-state index in [0.29, 0.717) is 32.5 Å². The van der Waals surface area contributed by atoms with Gasteiger partial charge in [0.1, 0.15) is 6.04 Å². The Balaban J connectivity index is 1.28. The molecule has 2 heterocycles. The van der Waals surface area contributed by atoms with Crippen molar-refractivity contribution in [3.8, 4) is 0 Å². The summed E-state index contributed by atoms with van der Waals surface area (Å²) in [5.74, 6) is -0.741. The normalized spacial score (nSPS) is 22.0. The monoisotopic (exact) mass is 739 g/mol. The van der Waals surface area contributed by atoms with E-state index < -0.39 is 30.2 Å². The van der Waals surface area contributed by atoms with Crippen LogP contribution in [0, 0.1) is 5.92 Å². The molecule has 1 aromatic heterocycles. The van der Waals surface area contributed by atoms with E-state index in [1.165, 1.54) is 0 Å². The number of piperazine rings is 1. The van der Waals surface area contributed by atoms with Crippen LogP contribution in [0.4, 0.5) is 0 Å². The van der Waals surface area contributed by atoms with Gasteiger partial charge in [-0.2, -0.15) is 0 Å². The standard InChI is InChI=1S/C36H46IN5O4/c1-2-9-33(37)39-36(46)31-24-41(22-26-12-8-15-38-21-26)16-17-42(31)23-29(43)19-28(18-25-10-4-3-5-11-25)35(45)40-34-30-14-7-6-13-27(30)20-32(34)44/h3-8,10-15,21,28-29,31-34,43-44H,2,9,16-20,22-24H2,1H3,(H,39,46)(H,40,45)/t28?,29-,31-,32+,33?,34-/m0/s1. The molecule has 246 valence electrons. The number of fused-ring (bicyclic) bond motifs is 1. The van der Waals surface area contributed by atoms with Gasteiger partial charge in [-0.15, -0.1) is 0 Å². The van der Waals surface area contributed by atoms with Gasteiger partial charge >= 0.3 is 0 Å². The molecule has 2 aromatic carbocycles. The highest BCUT2D eigenvalue weighted by atomic mass is 127. The number of alkyl halides is 1. The largest absolute Gasteiger partial charge is 0.392 e. The van der Waals surface area contributed by atoms with Crippen molar-refractivity contribution in [1.29, 1.82) is 0 Å². The van der Waals surface area contributed by atoms with Crippen LogP contribution < -0.4 is 10.6 Å². The van der Waals surface area contributed by atoms with E-state index in [2.05, 4.69) is 54.9 Å². The lowest BCUT2D eigenvalue weighted by Crippen LogP contribution is -2.60. The van der Waals surface area contributed by atoms with Gasteiger partial charge in [0.2, 0.25) is 11.8 Å². The number of benzene rings is 2. The van der Waals surface area contributed by atoms with E-state index in [9.17, 15) is 19.8 Å². The molecule has 5 rings (SSSR count). The molecule has 4 N–H and O–H groups in total.